The largest absolute Gasteiger partial charge is 0.493 e. The topological polar surface area (TPSA) is 104 Å². The van der Waals surface area contributed by atoms with Crippen molar-refractivity contribution in [1.29, 1.82) is 5.26 Å². The molecular weight excluding hydrogens is 444 g/mol. The van der Waals surface area contributed by atoms with Gasteiger partial charge in [0.2, 0.25) is 5.88 Å². The zero-order valence-electron chi connectivity index (χ0n) is 17.6. The van der Waals surface area contributed by atoms with Crippen LogP contribution in [0, 0.1) is 11.3 Å². The monoisotopic (exact) mass is 462 g/mol. The fourth-order valence-electron chi connectivity index (χ4n) is 3.56. The second kappa shape index (κ2) is 9.55. The molecule has 1 heterocycles. The van der Waals surface area contributed by atoms with E-state index >= 15 is 0 Å². The first-order valence-electron chi connectivity index (χ1n) is 9.94. The number of para-hydroxylation sites is 2. The van der Waals surface area contributed by atoms with Gasteiger partial charge in [0.1, 0.15) is 23.1 Å². The molecule has 0 saturated carbocycles. The molecule has 4 rings (SSSR count). The second-order valence-electron chi connectivity index (χ2n) is 7.06. The molecule has 0 radical (unpaired) electrons. The number of esters is 1. The fraction of sp³-hybridized carbons (Fsp3) is 0.120. The molecule has 7 nitrogen and oxygen atoms in total. The number of hydrogen-bond acceptors (Lipinski definition) is 7. The van der Waals surface area contributed by atoms with Gasteiger partial charge in [0.25, 0.3) is 0 Å². The number of methoxy groups -OCH3 is 1. The number of hydrogen-bond donors (Lipinski definition) is 1. The summed E-state index contributed by atoms with van der Waals surface area (Å²) in [7, 11) is 1.52. The van der Waals surface area contributed by atoms with Crippen LogP contribution in [0.1, 0.15) is 17.0 Å². The van der Waals surface area contributed by atoms with Crippen LogP contribution in [0.2, 0.25) is 5.02 Å². The molecule has 0 fully saturated rings. The second-order valence-corrected chi connectivity index (χ2v) is 7.47. The summed E-state index contributed by atoms with van der Waals surface area (Å²) in [6.07, 6.45) is 0. The Bertz CT molecular complexity index is 1280. The standard InChI is InChI=1S/C25H19ClN2O5/c1-30-20-8-4-5-9-21(20)31-14-23(29)32-15-10-11-17-22(12-15)33-25(28)18(13-27)24(17)16-6-2-3-7-19(16)26/h2-12,24H,14,28H2,1H3. The first-order valence-corrected chi connectivity index (χ1v) is 10.3. The van der Waals surface area contributed by atoms with Crippen LogP contribution in [-0.4, -0.2) is 19.7 Å². The number of fused-ring (bicyclic) bond motifs is 1. The van der Waals surface area contributed by atoms with Crippen LogP contribution in [0.5, 0.6) is 23.0 Å². The lowest BCUT2D eigenvalue weighted by Crippen LogP contribution is -2.22. The third-order valence-corrected chi connectivity index (χ3v) is 5.40. The Kier molecular flexibility index (Phi) is 6.38. The number of carbonyl (C=O) groups is 1. The molecule has 8 heteroatoms. The number of nitrogens with zero attached hydrogens (tertiary/aromatic N) is 1. The van der Waals surface area contributed by atoms with Crippen LogP contribution < -0.4 is 24.7 Å². The van der Waals surface area contributed by atoms with E-state index in [0.29, 0.717) is 27.8 Å². The zero-order valence-corrected chi connectivity index (χ0v) is 18.3. The summed E-state index contributed by atoms with van der Waals surface area (Å²) in [5.74, 6) is 0.397. The van der Waals surface area contributed by atoms with Crippen molar-refractivity contribution >= 4 is 17.6 Å². The number of allylic oxidation sites excluding steroid dienone is 1. The van der Waals surface area contributed by atoms with Gasteiger partial charge in [-0.1, -0.05) is 48.0 Å². The van der Waals surface area contributed by atoms with Gasteiger partial charge < -0.3 is 24.7 Å². The minimum atomic E-state index is -0.611. The zero-order chi connectivity index (χ0) is 23.4. The molecule has 0 aromatic heterocycles. The van der Waals surface area contributed by atoms with E-state index in [4.69, 9.17) is 36.3 Å². The van der Waals surface area contributed by atoms with E-state index < -0.39 is 11.9 Å². The molecule has 1 aliphatic heterocycles. The molecule has 1 unspecified atom stereocenters. The first-order chi connectivity index (χ1) is 16.0. The number of nitriles is 1. The van der Waals surface area contributed by atoms with Crippen LogP contribution in [0.4, 0.5) is 0 Å². The van der Waals surface area contributed by atoms with Crippen molar-refractivity contribution < 1.29 is 23.7 Å². The summed E-state index contributed by atoms with van der Waals surface area (Å²) in [5, 5.41) is 10.2. The SMILES string of the molecule is COc1ccccc1OCC(=O)Oc1ccc2c(c1)OC(N)=C(C#N)C2c1ccccc1Cl. The average Bonchev–Trinajstić information content (AvgIpc) is 2.82. The Balaban J connectivity index is 1.55. The predicted molar refractivity (Wildman–Crippen MR) is 121 cm³/mol. The molecule has 166 valence electrons. The van der Waals surface area contributed by atoms with E-state index in [1.165, 1.54) is 7.11 Å². The Morgan fingerprint density at radius 2 is 1.82 bits per heavy atom. The minimum Gasteiger partial charge on any atom is -0.493 e. The lowest BCUT2D eigenvalue weighted by atomic mass is 9.83. The molecular formula is C25H19ClN2O5. The average molecular weight is 463 g/mol. The highest BCUT2D eigenvalue weighted by Crippen LogP contribution is 2.45. The van der Waals surface area contributed by atoms with Crippen molar-refractivity contribution in [2.45, 2.75) is 5.92 Å². The fourth-order valence-corrected chi connectivity index (χ4v) is 3.81. The van der Waals surface area contributed by atoms with Crippen LogP contribution in [0.3, 0.4) is 0 Å². The molecule has 0 aliphatic carbocycles. The Hall–Kier alpha value is -4.15. The summed E-state index contributed by atoms with van der Waals surface area (Å²) in [6.45, 7) is -0.318. The number of halogens is 1. The van der Waals surface area contributed by atoms with Gasteiger partial charge in [-0.05, 0) is 29.8 Å². The van der Waals surface area contributed by atoms with Crippen molar-refractivity contribution in [3.05, 3.63) is 94.3 Å². The smallest absolute Gasteiger partial charge is 0.349 e. The summed E-state index contributed by atoms with van der Waals surface area (Å²) >= 11 is 6.40. The highest BCUT2D eigenvalue weighted by molar-refractivity contribution is 6.31. The van der Waals surface area contributed by atoms with Crippen LogP contribution in [0.25, 0.3) is 0 Å². The predicted octanol–water partition coefficient (Wildman–Crippen LogP) is 4.55. The summed E-state index contributed by atoms with van der Waals surface area (Å²) in [5.41, 5.74) is 7.68. The maximum absolute atomic E-state index is 12.3. The molecule has 33 heavy (non-hydrogen) atoms. The summed E-state index contributed by atoms with van der Waals surface area (Å²) in [6, 6.07) is 21.2. The molecule has 1 atom stereocenters. The Morgan fingerprint density at radius 3 is 2.55 bits per heavy atom. The number of ether oxygens (including phenoxy) is 4. The third kappa shape index (κ3) is 4.56. The van der Waals surface area contributed by atoms with Gasteiger partial charge in [-0.15, -0.1) is 0 Å². The van der Waals surface area contributed by atoms with Crippen molar-refractivity contribution in [2.75, 3.05) is 13.7 Å². The van der Waals surface area contributed by atoms with Crippen LogP contribution in [0.15, 0.2) is 78.2 Å². The van der Waals surface area contributed by atoms with Gasteiger partial charge in [0.15, 0.2) is 18.1 Å². The molecule has 0 amide bonds. The maximum Gasteiger partial charge on any atom is 0.349 e. The summed E-state index contributed by atoms with van der Waals surface area (Å²) in [4.78, 5) is 12.3. The minimum absolute atomic E-state index is 0.0297. The Morgan fingerprint density at radius 1 is 1.09 bits per heavy atom. The number of benzene rings is 3. The molecule has 3 aromatic rings. The summed E-state index contributed by atoms with van der Waals surface area (Å²) < 4.78 is 21.8. The lowest BCUT2D eigenvalue weighted by Gasteiger charge is -2.27. The third-order valence-electron chi connectivity index (χ3n) is 5.05. The van der Waals surface area contributed by atoms with E-state index in [1.54, 1.807) is 54.6 Å². The van der Waals surface area contributed by atoms with Gasteiger partial charge >= 0.3 is 5.97 Å². The molecule has 2 N–H and O–H groups in total. The van der Waals surface area contributed by atoms with Gasteiger partial charge in [-0.3, -0.25) is 0 Å². The number of carbonyl (C=O) groups excluding carboxylic acids is 1. The lowest BCUT2D eigenvalue weighted by molar-refractivity contribution is -0.136. The molecule has 3 aromatic carbocycles. The van der Waals surface area contributed by atoms with E-state index in [1.807, 2.05) is 12.1 Å². The van der Waals surface area contributed by atoms with E-state index in [2.05, 4.69) is 6.07 Å². The first kappa shape index (κ1) is 22.1. The van der Waals surface area contributed by atoms with Gasteiger partial charge in [-0.25, -0.2) is 4.79 Å². The highest BCUT2D eigenvalue weighted by Gasteiger charge is 2.32. The van der Waals surface area contributed by atoms with Crippen LogP contribution in [-0.2, 0) is 4.79 Å². The molecule has 1 aliphatic rings. The van der Waals surface area contributed by atoms with E-state index in [-0.39, 0.29) is 23.8 Å². The van der Waals surface area contributed by atoms with Gasteiger partial charge in [0.05, 0.1) is 13.0 Å². The highest BCUT2D eigenvalue weighted by atomic mass is 35.5. The molecule has 0 bridgehead atoms. The Labute approximate surface area is 195 Å². The van der Waals surface area contributed by atoms with Gasteiger partial charge in [0, 0.05) is 16.7 Å². The van der Waals surface area contributed by atoms with Gasteiger partial charge in [-0.2, -0.15) is 5.26 Å². The van der Waals surface area contributed by atoms with E-state index in [0.717, 1.165) is 5.56 Å². The quantitative estimate of drug-likeness (QED) is 0.423. The van der Waals surface area contributed by atoms with Crippen LogP contribution >= 0.6 is 11.6 Å². The number of nitrogens with two attached hydrogens (primary N) is 1. The molecule has 0 spiro atoms. The normalized spacial score (nSPS) is 14.5. The number of rotatable bonds is 6. The van der Waals surface area contributed by atoms with Crippen molar-refractivity contribution in [3.63, 3.8) is 0 Å². The van der Waals surface area contributed by atoms with E-state index in [9.17, 15) is 10.1 Å². The van der Waals surface area contributed by atoms with Crippen molar-refractivity contribution in [1.82, 2.24) is 0 Å². The molecule has 0 saturated heterocycles. The van der Waals surface area contributed by atoms with Crippen molar-refractivity contribution in [2.24, 2.45) is 5.73 Å². The van der Waals surface area contributed by atoms with Crippen molar-refractivity contribution in [3.8, 4) is 29.1 Å². The maximum atomic E-state index is 12.3.